The van der Waals surface area contributed by atoms with E-state index in [9.17, 15) is 4.79 Å². The second kappa shape index (κ2) is 5.93. The van der Waals surface area contributed by atoms with Crippen LogP contribution in [0.15, 0.2) is 0 Å². The summed E-state index contributed by atoms with van der Waals surface area (Å²) in [6, 6.07) is 0.234. The fourth-order valence-corrected chi connectivity index (χ4v) is 2.73. The Kier molecular flexibility index (Phi) is 4.28. The zero-order valence-electron chi connectivity index (χ0n) is 11.0. The second-order valence-electron chi connectivity index (χ2n) is 4.69. The molecule has 0 amide bonds. The Balaban J connectivity index is 2.21. The first-order valence-corrected chi connectivity index (χ1v) is 6.72. The molecule has 0 bridgehead atoms. The van der Waals surface area contributed by atoms with E-state index in [0.29, 0.717) is 12.5 Å². The van der Waals surface area contributed by atoms with Gasteiger partial charge in [0.1, 0.15) is 0 Å². The van der Waals surface area contributed by atoms with Gasteiger partial charge in [0.25, 0.3) is 5.82 Å². The number of carbonyl (C=O) groups is 1. The molecule has 100 valence electrons. The van der Waals surface area contributed by atoms with Crippen molar-refractivity contribution in [3.8, 4) is 0 Å². The molecular formula is C12H20N4O2. The monoisotopic (exact) mass is 252 g/mol. The number of nitrogens with zero attached hydrogens (tertiary/aromatic N) is 4. The van der Waals surface area contributed by atoms with Gasteiger partial charge in [0.2, 0.25) is 0 Å². The SMILES string of the molecule is CCOC(=O)c1nnnn1C1CCCCC1CC. The summed E-state index contributed by atoms with van der Waals surface area (Å²) in [4.78, 5) is 11.8. The first-order valence-electron chi connectivity index (χ1n) is 6.72. The maximum atomic E-state index is 11.8. The van der Waals surface area contributed by atoms with E-state index < -0.39 is 5.97 Å². The number of ether oxygens (including phenoxy) is 1. The molecule has 0 spiro atoms. The van der Waals surface area contributed by atoms with Crippen LogP contribution in [-0.2, 0) is 4.74 Å². The Labute approximate surface area is 107 Å². The van der Waals surface area contributed by atoms with Crippen molar-refractivity contribution in [3.05, 3.63) is 5.82 Å². The molecule has 1 heterocycles. The topological polar surface area (TPSA) is 69.9 Å². The molecule has 2 unspecified atom stereocenters. The third kappa shape index (κ3) is 2.52. The maximum absolute atomic E-state index is 11.8. The third-order valence-electron chi connectivity index (χ3n) is 3.66. The van der Waals surface area contributed by atoms with Crippen LogP contribution < -0.4 is 0 Å². The predicted molar refractivity (Wildman–Crippen MR) is 65.1 cm³/mol. The minimum absolute atomic E-state index is 0.234. The Hall–Kier alpha value is -1.46. The van der Waals surface area contributed by atoms with Crippen LogP contribution in [0, 0.1) is 5.92 Å². The Bertz CT molecular complexity index is 405. The summed E-state index contributed by atoms with van der Waals surface area (Å²) in [7, 11) is 0. The van der Waals surface area contributed by atoms with Gasteiger partial charge in [-0.15, -0.1) is 5.10 Å². The minimum Gasteiger partial charge on any atom is -0.460 e. The highest BCUT2D eigenvalue weighted by Gasteiger charge is 2.30. The van der Waals surface area contributed by atoms with E-state index in [1.807, 2.05) is 0 Å². The molecule has 18 heavy (non-hydrogen) atoms. The van der Waals surface area contributed by atoms with Crippen molar-refractivity contribution in [3.63, 3.8) is 0 Å². The lowest BCUT2D eigenvalue weighted by Crippen LogP contribution is -2.27. The molecular weight excluding hydrogens is 232 g/mol. The van der Waals surface area contributed by atoms with E-state index in [1.54, 1.807) is 11.6 Å². The Morgan fingerprint density at radius 1 is 1.39 bits per heavy atom. The van der Waals surface area contributed by atoms with Gasteiger partial charge in [0, 0.05) is 0 Å². The number of carbonyl (C=O) groups excluding carboxylic acids is 1. The molecule has 2 rings (SSSR count). The molecule has 0 saturated heterocycles. The van der Waals surface area contributed by atoms with E-state index in [1.165, 1.54) is 19.3 Å². The lowest BCUT2D eigenvalue weighted by atomic mass is 9.83. The van der Waals surface area contributed by atoms with Crippen molar-refractivity contribution in [2.45, 2.75) is 52.0 Å². The summed E-state index contributed by atoms with van der Waals surface area (Å²) in [6.07, 6.45) is 5.74. The minimum atomic E-state index is -0.428. The first-order chi connectivity index (χ1) is 8.77. The normalized spacial score (nSPS) is 23.9. The molecule has 2 atom stereocenters. The average molecular weight is 252 g/mol. The van der Waals surface area contributed by atoms with E-state index in [0.717, 1.165) is 12.8 Å². The first kappa shape index (κ1) is 13.0. The highest BCUT2D eigenvalue weighted by atomic mass is 16.5. The smallest absolute Gasteiger partial charge is 0.378 e. The van der Waals surface area contributed by atoms with Crippen LogP contribution in [0.3, 0.4) is 0 Å². The van der Waals surface area contributed by atoms with Gasteiger partial charge in [-0.3, -0.25) is 0 Å². The van der Waals surface area contributed by atoms with Gasteiger partial charge in [-0.2, -0.15) is 0 Å². The maximum Gasteiger partial charge on any atom is 0.378 e. The summed E-state index contributed by atoms with van der Waals surface area (Å²) in [5, 5.41) is 11.4. The summed E-state index contributed by atoms with van der Waals surface area (Å²) in [5.41, 5.74) is 0. The van der Waals surface area contributed by atoms with Gasteiger partial charge in [-0.25, -0.2) is 9.48 Å². The van der Waals surface area contributed by atoms with E-state index >= 15 is 0 Å². The Morgan fingerprint density at radius 3 is 2.89 bits per heavy atom. The average Bonchev–Trinajstić information content (AvgIpc) is 2.88. The number of hydrogen-bond acceptors (Lipinski definition) is 5. The van der Waals surface area contributed by atoms with E-state index in [-0.39, 0.29) is 11.9 Å². The summed E-state index contributed by atoms with van der Waals surface area (Å²) in [6.45, 7) is 4.30. The molecule has 0 radical (unpaired) electrons. The van der Waals surface area contributed by atoms with E-state index in [4.69, 9.17) is 4.74 Å². The highest BCUT2D eigenvalue weighted by Crippen LogP contribution is 2.35. The van der Waals surface area contributed by atoms with Gasteiger partial charge < -0.3 is 4.74 Å². The number of hydrogen-bond donors (Lipinski definition) is 0. The molecule has 0 N–H and O–H groups in total. The second-order valence-corrected chi connectivity index (χ2v) is 4.69. The molecule has 1 saturated carbocycles. The highest BCUT2D eigenvalue weighted by molar-refractivity contribution is 5.85. The van der Waals surface area contributed by atoms with Crippen LogP contribution in [0.25, 0.3) is 0 Å². The number of esters is 1. The fraction of sp³-hybridized carbons (Fsp3) is 0.833. The fourth-order valence-electron chi connectivity index (χ4n) is 2.73. The lowest BCUT2D eigenvalue weighted by molar-refractivity contribution is 0.0494. The predicted octanol–water partition coefficient (Wildman–Crippen LogP) is 1.99. The number of rotatable bonds is 4. The van der Waals surface area contributed by atoms with Gasteiger partial charge in [0.15, 0.2) is 0 Å². The molecule has 1 aromatic heterocycles. The summed E-state index contributed by atoms with van der Waals surface area (Å²) < 4.78 is 6.66. The molecule has 6 nitrogen and oxygen atoms in total. The number of tetrazole rings is 1. The van der Waals surface area contributed by atoms with Gasteiger partial charge in [0.05, 0.1) is 12.6 Å². The zero-order chi connectivity index (χ0) is 13.0. The van der Waals surface area contributed by atoms with Crippen LogP contribution in [0.5, 0.6) is 0 Å². The lowest BCUT2D eigenvalue weighted by Gasteiger charge is -2.30. The van der Waals surface area contributed by atoms with Crippen LogP contribution in [-0.4, -0.2) is 32.8 Å². The molecule has 1 aromatic rings. The van der Waals surface area contributed by atoms with Gasteiger partial charge >= 0.3 is 5.97 Å². The molecule has 1 aliphatic rings. The molecule has 6 heteroatoms. The quantitative estimate of drug-likeness (QED) is 0.766. The van der Waals surface area contributed by atoms with Crippen molar-refractivity contribution in [2.24, 2.45) is 5.92 Å². The van der Waals surface area contributed by atoms with Crippen molar-refractivity contribution in [2.75, 3.05) is 6.61 Å². The van der Waals surface area contributed by atoms with Crippen molar-refractivity contribution >= 4 is 5.97 Å². The molecule has 0 aromatic carbocycles. The Morgan fingerprint density at radius 2 is 2.17 bits per heavy atom. The van der Waals surface area contributed by atoms with Gasteiger partial charge in [-0.1, -0.05) is 26.2 Å². The summed E-state index contributed by atoms with van der Waals surface area (Å²) in [5.74, 6) is 0.362. The van der Waals surface area contributed by atoms with Crippen LogP contribution in [0.1, 0.15) is 62.6 Å². The van der Waals surface area contributed by atoms with Crippen molar-refractivity contribution < 1.29 is 9.53 Å². The summed E-state index contributed by atoms with van der Waals surface area (Å²) >= 11 is 0. The van der Waals surface area contributed by atoms with Gasteiger partial charge in [-0.05, 0) is 36.1 Å². The van der Waals surface area contributed by atoms with E-state index in [2.05, 4.69) is 22.4 Å². The van der Waals surface area contributed by atoms with Crippen LogP contribution in [0.4, 0.5) is 0 Å². The van der Waals surface area contributed by atoms with Crippen LogP contribution in [0.2, 0.25) is 0 Å². The molecule has 1 fully saturated rings. The largest absolute Gasteiger partial charge is 0.460 e. The van der Waals surface area contributed by atoms with Crippen LogP contribution >= 0.6 is 0 Å². The van der Waals surface area contributed by atoms with Crippen molar-refractivity contribution in [1.29, 1.82) is 0 Å². The standard InChI is InChI=1S/C12H20N4O2/c1-3-9-7-5-6-8-10(9)16-11(13-14-15-16)12(17)18-4-2/h9-10H,3-8H2,1-2H3. The third-order valence-corrected chi connectivity index (χ3v) is 3.66. The molecule has 1 aliphatic carbocycles. The van der Waals surface area contributed by atoms with Crippen molar-refractivity contribution in [1.82, 2.24) is 20.2 Å². The molecule has 0 aliphatic heterocycles. The number of aromatic nitrogens is 4. The zero-order valence-corrected chi connectivity index (χ0v) is 11.0.